The van der Waals surface area contributed by atoms with Crippen LogP contribution in [0.5, 0.6) is 11.5 Å². The molecule has 0 bridgehead atoms. The van der Waals surface area contributed by atoms with Gasteiger partial charge in [0, 0.05) is 6.04 Å². The summed E-state index contributed by atoms with van der Waals surface area (Å²) in [5.41, 5.74) is 7.36. The largest absolute Gasteiger partial charge is 0.469 e. The molecule has 0 saturated heterocycles. The quantitative estimate of drug-likeness (QED) is 0.483. The minimum Gasteiger partial charge on any atom is -0.469 e. The first-order valence-corrected chi connectivity index (χ1v) is 10.2. The number of ether oxygens (including phenoxy) is 2. The number of anilines is 1. The molecule has 9 nitrogen and oxygen atoms in total. The van der Waals surface area contributed by atoms with Crippen LogP contribution in [0.4, 0.5) is 5.82 Å². The Labute approximate surface area is 183 Å². The molecular formula is C23H21N5O4. The monoisotopic (exact) mass is 431 g/mol. The zero-order valence-corrected chi connectivity index (χ0v) is 17.3. The van der Waals surface area contributed by atoms with Gasteiger partial charge in [-0.1, -0.05) is 18.2 Å². The molecule has 0 amide bonds. The first-order chi connectivity index (χ1) is 15.6. The second-order valence-electron chi connectivity index (χ2n) is 7.67. The smallest absolute Gasteiger partial charge is 0.335 e. The van der Waals surface area contributed by atoms with Gasteiger partial charge in [-0.2, -0.15) is 0 Å². The average molecular weight is 431 g/mol. The van der Waals surface area contributed by atoms with Crippen molar-refractivity contribution in [2.75, 3.05) is 12.8 Å². The average Bonchev–Trinajstić information content (AvgIpc) is 3.07. The van der Waals surface area contributed by atoms with Gasteiger partial charge in [0.1, 0.15) is 23.3 Å². The fourth-order valence-corrected chi connectivity index (χ4v) is 4.08. The fourth-order valence-electron chi connectivity index (χ4n) is 4.08. The maximum Gasteiger partial charge on any atom is 0.335 e. The number of hydrogen-bond acceptors (Lipinski definition) is 7. The summed E-state index contributed by atoms with van der Waals surface area (Å²) in [6.07, 6.45) is 2.37. The molecule has 1 saturated carbocycles. The molecule has 4 aromatic rings. The standard InChI is InChI=1S/C23H21N5O4/c1-31-22(29)14-11-16(12-14)28-21-19(20(24)25-13-26-21)27(23(28)30)15-7-9-18(10-8-15)32-17-5-3-2-4-6-17/h2-10,13-14,16H,11-12H2,1H3,(H2,24,25,26). The maximum atomic E-state index is 13.5. The molecule has 2 aromatic carbocycles. The van der Waals surface area contributed by atoms with E-state index in [0.717, 1.165) is 5.75 Å². The molecule has 1 fully saturated rings. The number of nitrogens with two attached hydrogens (primary N) is 1. The number of fused-ring (bicyclic) bond motifs is 1. The van der Waals surface area contributed by atoms with E-state index < -0.39 is 0 Å². The van der Waals surface area contributed by atoms with Crippen LogP contribution >= 0.6 is 0 Å². The van der Waals surface area contributed by atoms with E-state index in [1.54, 1.807) is 28.8 Å². The van der Waals surface area contributed by atoms with Crippen molar-refractivity contribution in [2.24, 2.45) is 5.92 Å². The molecular weight excluding hydrogens is 410 g/mol. The van der Waals surface area contributed by atoms with Crippen LogP contribution in [-0.4, -0.2) is 32.2 Å². The Morgan fingerprint density at radius 1 is 1.03 bits per heavy atom. The normalized spacial score (nSPS) is 17.7. The summed E-state index contributed by atoms with van der Waals surface area (Å²) in [5, 5.41) is 0. The Morgan fingerprint density at radius 3 is 2.41 bits per heavy atom. The van der Waals surface area contributed by atoms with E-state index >= 15 is 0 Å². The van der Waals surface area contributed by atoms with Crippen LogP contribution in [0.15, 0.2) is 65.7 Å². The molecule has 1 aliphatic carbocycles. The first-order valence-electron chi connectivity index (χ1n) is 10.2. The van der Waals surface area contributed by atoms with Gasteiger partial charge in [0.25, 0.3) is 0 Å². The van der Waals surface area contributed by atoms with Crippen LogP contribution in [0.25, 0.3) is 16.9 Å². The molecule has 162 valence electrons. The lowest BCUT2D eigenvalue weighted by atomic mass is 9.80. The van der Waals surface area contributed by atoms with Gasteiger partial charge in [0.15, 0.2) is 11.5 Å². The molecule has 1 aliphatic rings. The molecule has 5 rings (SSSR count). The van der Waals surface area contributed by atoms with Gasteiger partial charge in [-0.3, -0.25) is 13.9 Å². The summed E-state index contributed by atoms with van der Waals surface area (Å²) < 4.78 is 13.8. The number of nitrogens with zero attached hydrogens (tertiary/aromatic N) is 4. The van der Waals surface area contributed by atoms with Crippen molar-refractivity contribution in [3.63, 3.8) is 0 Å². The molecule has 0 aliphatic heterocycles. The van der Waals surface area contributed by atoms with Crippen molar-refractivity contribution in [3.05, 3.63) is 71.4 Å². The summed E-state index contributed by atoms with van der Waals surface area (Å²) in [6.45, 7) is 0. The highest BCUT2D eigenvalue weighted by molar-refractivity contribution is 5.84. The minimum absolute atomic E-state index is 0.162. The topological polar surface area (TPSA) is 114 Å². The number of imidazole rings is 1. The third-order valence-electron chi connectivity index (χ3n) is 5.77. The van der Waals surface area contributed by atoms with Gasteiger partial charge in [0.05, 0.1) is 18.7 Å². The van der Waals surface area contributed by atoms with Crippen molar-refractivity contribution < 1.29 is 14.3 Å². The first kappa shape index (κ1) is 19.8. The Kier molecular flexibility index (Phi) is 4.85. The number of carbonyl (C=O) groups excluding carboxylic acids is 1. The van der Waals surface area contributed by atoms with E-state index in [9.17, 15) is 9.59 Å². The lowest BCUT2D eigenvalue weighted by molar-refractivity contribution is -0.149. The second kappa shape index (κ2) is 7.84. The van der Waals surface area contributed by atoms with Crippen molar-refractivity contribution in [1.29, 1.82) is 0 Å². The number of esters is 1. The lowest BCUT2D eigenvalue weighted by Gasteiger charge is -2.33. The van der Waals surface area contributed by atoms with Gasteiger partial charge in [-0.05, 0) is 49.2 Å². The summed E-state index contributed by atoms with van der Waals surface area (Å²) >= 11 is 0. The molecule has 0 unspecified atom stereocenters. The number of nitrogen functional groups attached to an aromatic ring is 1. The van der Waals surface area contributed by atoms with Crippen molar-refractivity contribution >= 4 is 23.0 Å². The summed E-state index contributed by atoms with van der Waals surface area (Å²) in [7, 11) is 1.37. The van der Waals surface area contributed by atoms with E-state index in [2.05, 4.69) is 9.97 Å². The molecule has 0 spiro atoms. The van der Waals surface area contributed by atoms with Gasteiger partial charge < -0.3 is 15.2 Å². The molecule has 32 heavy (non-hydrogen) atoms. The van der Waals surface area contributed by atoms with E-state index in [1.165, 1.54) is 18.0 Å². The zero-order valence-electron chi connectivity index (χ0n) is 17.3. The summed E-state index contributed by atoms with van der Waals surface area (Å²) in [4.78, 5) is 33.6. The number of benzene rings is 2. The Hall–Kier alpha value is -4.14. The van der Waals surface area contributed by atoms with Crippen LogP contribution in [0.3, 0.4) is 0 Å². The highest BCUT2D eigenvalue weighted by atomic mass is 16.5. The van der Waals surface area contributed by atoms with Crippen LogP contribution in [0.1, 0.15) is 18.9 Å². The second-order valence-corrected chi connectivity index (χ2v) is 7.67. The van der Waals surface area contributed by atoms with Crippen LogP contribution in [-0.2, 0) is 9.53 Å². The maximum absolute atomic E-state index is 13.5. The van der Waals surface area contributed by atoms with Crippen molar-refractivity contribution in [2.45, 2.75) is 18.9 Å². The fraction of sp³-hybridized carbons (Fsp3) is 0.217. The Bertz CT molecular complexity index is 1340. The molecule has 2 aromatic heterocycles. The van der Waals surface area contributed by atoms with Gasteiger partial charge in [-0.15, -0.1) is 0 Å². The van der Waals surface area contributed by atoms with E-state index in [-0.39, 0.29) is 29.4 Å². The third kappa shape index (κ3) is 3.27. The molecule has 0 radical (unpaired) electrons. The number of para-hydroxylation sites is 1. The van der Waals surface area contributed by atoms with E-state index in [1.807, 2.05) is 30.3 Å². The lowest BCUT2D eigenvalue weighted by Crippen LogP contribution is -2.38. The van der Waals surface area contributed by atoms with Crippen LogP contribution in [0.2, 0.25) is 0 Å². The van der Waals surface area contributed by atoms with Crippen LogP contribution in [0, 0.1) is 5.92 Å². The van der Waals surface area contributed by atoms with Gasteiger partial charge in [-0.25, -0.2) is 14.8 Å². The third-order valence-corrected chi connectivity index (χ3v) is 5.77. The van der Waals surface area contributed by atoms with Crippen molar-refractivity contribution in [1.82, 2.24) is 19.1 Å². The number of methoxy groups -OCH3 is 1. The highest BCUT2D eigenvalue weighted by Gasteiger charge is 2.39. The number of carbonyl (C=O) groups is 1. The van der Waals surface area contributed by atoms with E-state index in [4.69, 9.17) is 15.2 Å². The number of aromatic nitrogens is 4. The Morgan fingerprint density at radius 2 is 1.72 bits per heavy atom. The number of rotatable bonds is 5. The SMILES string of the molecule is COC(=O)C1CC(n2c(=O)n(-c3ccc(Oc4ccccc4)cc3)c3c(N)ncnc32)C1. The van der Waals surface area contributed by atoms with E-state index in [0.29, 0.717) is 35.4 Å². The van der Waals surface area contributed by atoms with Gasteiger partial charge >= 0.3 is 11.7 Å². The van der Waals surface area contributed by atoms with Crippen LogP contribution < -0.4 is 16.2 Å². The summed E-state index contributed by atoms with van der Waals surface area (Å²) in [5.74, 6) is 1.09. The molecule has 2 heterocycles. The predicted octanol–water partition coefficient (Wildman–Crippen LogP) is 3.08. The minimum atomic E-state index is -0.280. The zero-order chi connectivity index (χ0) is 22.2. The molecule has 2 N–H and O–H groups in total. The number of hydrogen-bond donors (Lipinski definition) is 1. The van der Waals surface area contributed by atoms with Gasteiger partial charge in [0.2, 0.25) is 0 Å². The van der Waals surface area contributed by atoms with Crippen molar-refractivity contribution in [3.8, 4) is 17.2 Å². The molecule has 0 atom stereocenters. The molecule has 9 heteroatoms. The Balaban J connectivity index is 1.53. The summed E-state index contributed by atoms with van der Waals surface area (Å²) in [6, 6.07) is 16.4. The predicted molar refractivity (Wildman–Crippen MR) is 118 cm³/mol. The highest BCUT2D eigenvalue weighted by Crippen LogP contribution is 2.39.